The van der Waals surface area contributed by atoms with Gasteiger partial charge >= 0.3 is 0 Å². The van der Waals surface area contributed by atoms with E-state index in [9.17, 15) is 9.18 Å². The normalized spacial score (nSPS) is 16.2. The van der Waals surface area contributed by atoms with E-state index in [0.29, 0.717) is 24.7 Å². The van der Waals surface area contributed by atoms with Crippen LogP contribution in [-0.2, 0) is 17.6 Å². The number of methoxy groups -OCH3 is 1. The minimum Gasteiger partial charge on any atom is -0.497 e. The first-order valence-corrected chi connectivity index (χ1v) is 9.63. The molecule has 6 nitrogen and oxygen atoms in total. The van der Waals surface area contributed by atoms with Crippen molar-refractivity contribution in [3.8, 4) is 17.1 Å². The average molecular weight is 395 g/mol. The fourth-order valence-corrected chi connectivity index (χ4v) is 3.68. The van der Waals surface area contributed by atoms with Crippen LogP contribution in [0, 0.1) is 5.82 Å². The molecule has 0 bridgehead atoms. The van der Waals surface area contributed by atoms with E-state index in [4.69, 9.17) is 9.26 Å². The number of carbonyl (C=O) groups excluding carboxylic acids is 1. The van der Waals surface area contributed by atoms with Gasteiger partial charge in [-0.1, -0.05) is 17.3 Å². The Labute approximate surface area is 168 Å². The number of carbonyl (C=O) groups is 1. The second-order valence-electron chi connectivity index (χ2n) is 7.13. The summed E-state index contributed by atoms with van der Waals surface area (Å²) >= 11 is 0. The molecule has 0 aliphatic carbocycles. The summed E-state index contributed by atoms with van der Waals surface area (Å²) in [5.41, 5.74) is 1.82. The van der Waals surface area contributed by atoms with Crippen LogP contribution in [0.3, 0.4) is 0 Å². The van der Waals surface area contributed by atoms with Crippen LogP contribution >= 0.6 is 0 Å². The molecule has 0 saturated carbocycles. The fraction of sp³-hybridized carbons (Fsp3) is 0.318. The number of amides is 1. The molecule has 2 aromatic carbocycles. The first-order chi connectivity index (χ1) is 14.1. The number of rotatable bonds is 6. The molecule has 1 aliphatic heterocycles. The Balaban J connectivity index is 1.40. The van der Waals surface area contributed by atoms with Crippen LogP contribution in [-0.4, -0.2) is 40.6 Å². The quantitative estimate of drug-likeness (QED) is 0.637. The maximum absolute atomic E-state index is 13.1. The molecular weight excluding hydrogens is 373 g/mol. The van der Waals surface area contributed by atoms with Crippen molar-refractivity contribution in [2.75, 3.05) is 13.7 Å². The van der Waals surface area contributed by atoms with Gasteiger partial charge in [0.1, 0.15) is 18.0 Å². The lowest BCUT2D eigenvalue weighted by Crippen LogP contribution is -2.37. The zero-order valence-corrected chi connectivity index (χ0v) is 16.2. The Kier molecular flexibility index (Phi) is 5.55. The van der Waals surface area contributed by atoms with Gasteiger partial charge in [0, 0.05) is 18.2 Å². The standard InChI is InChI=1S/C22H22FN3O3/c1-28-19-10-6-16(7-11-19)22-24-20(29-25-22)14-21(27)26-12-2-3-18(26)13-15-4-8-17(23)9-5-15/h4-11,18H,2-3,12-14H2,1H3. The number of aromatic nitrogens is 2. The van der Waals surface area contributed by atoms with E-state index in [1.807, 2.05) is 29.2 Å². The van der Waals surface area contributed by atoms with Crippen LogP contribution in [0.25, 0.3) is 11.4 Å². The van der Waals surface area contributed by atoms with Gasteiger partial charge in [-0.25, -0.2) is 4.39 Å². The van der Waals surface area contributed by atoms with Gasteiger partial charge in [0.15, 0.2) is 0 Å². The molecule has 1 fully saturated rings. The summed E-state index contributed by atoms with van der Waals surface area (Å²) in [5, 5.41) is 3.98. The molecule has 1 unspecified atom stereocenters. The lowest BCUT2D eigenvalue weighted by Gasteiger charge is -2.24. The summed E-state index contributed by atoms with van der Waals surface area (Å²) < 4.78 is 23.6. The van der Waals surface area contributed by atoms with Gasteiger partial charge in [0.25, 0.3) is 0 Å². The Hall–Kier alpha value is -3.22. The lowest BCUT2D eigenvalue weighted by atomic mass is 10.0. The summed E-state index contributed by atoms with van der Waals surface area (Å²) in [7, 11) is 1.61. The summed E-state index contributed by atoms with van der Waals surface area (Å²) in [6.07, 6.45) is 2.68. The Morgan fingerprint density at radius 3 is 2.69 bits per heavy atom. The van der Waals surface area contributed by atoms with Gasteiger partial charge in [0.2, 0.25) is 17.6 Å². The van der Waals surface area contributed by atoms with Crippen LogP contribution in [0.4, 0.5) is 4.39 Å². The summed E-state index contributed by atoms with van der Waals surface area (Å²) in [6.45, 7) is 0.712. The minimum atomic E-state index is -0.253. The summed E-state index contributed by atoms with van der Waals surface area (Å²) in [4.78, 5) is 19.1. The zero-order valence-electron chi connectivity index (χ0n) is 16.2. The predicted octanol–water partition coefficient (Wildman–Crippen LogP) is 3.66. The van der Waals surface area contributed by atoms with E-state index >= 15 is 0 Å². The minimum absolute atomic E-state index is 0.0282. The maximum Gasteiger partial charge on any atom is 0.236 e. The number of ether oxygens (including phenoxy) is 1. The van der Waals surface area contributed by atoms with Crippen molar-refractivity contribution < 1.29 is 18.4 Å². The van der Waals surface area contributed by atoms with Gasteiger partial charge in [-0.2, -0.15) is 4.98 Å². The first kappa shape index (κ1) is 19.1. The summed E-state index contributed by atoms with van der Waals surface area (Å²) in [5.74, 6) is 1.21. The number of nitrogens with zero attached hydrogens (tertiary/aromatic N) is 3. The Morgan fingerprint density at radius 2 is 1.97 bits per heavy atom. The zero-order chi connectivity index (χ0) is 20.2. The van der Waals surface area contributed by atoms with Crippen LogP contribution in [0.5, 0.6) is 5.75 Å². The second kappa shape index (κ2) is 8.43. The molecule has 0 radical (unpaired) electrons. The molecular formula is C22H22FN3O3. The number of halogens is 1. The number of hydrogen-bond acceptors (Lipinski definition) is 5. The van der Waals surface area contributed by atoms with Crippen molar-refractivity contribution >= 4 is 5.91 Å². The molecule has 1 atom stereocenters. The Morgan fingerprint density at radius 1 is 1.21 bits per heavy atom. The Bertz CT molecular complexity index is 970. The van der Waals surface area contributed by atoms with Crippen LogP contribution in [0.1, 0.15) is 24.3 Å². The molecule has 1 saturated heterocycles. The van der Waals surface area contributed by atoms with Crippen LogP contribution in [0.15, 0.2) is 53.1 Å². The van der Waals surface area contributed by atoms with E-state index in [0.717, 1.165) is 29.7 Å². The largest absolute Gasteiger partial charge is 0.497 e. The number of likely N-dealkylation sites (tertiary alicyclic amines) is 1. The third kappa shape index (κ3) is 4.45. The van der Waals surface area contributed by atoms with Crippen molar-refractivity contribution in [3.05, 3.63) is 65.8 Å². The van der Waals surface area contributed by atoms with Gasteiger partial charge < -0.3 is 14.2 Å². The highest BCUT2D eigenvalue weighted by Gasteiger charge is 2.29. The van der Waals surface area contributed by atoms with Gasteiger partial charge in [-0.05, 0) is 61.2 Å². The lowest BCUT2D eigenvalue weighted by molar-refractivity contribution is -0.131. The molecule has 7 heteroatoms. The maximum atomic E-state index is 13.1. The van der Waals surface area contributed by atoms with Crippen molar-refractivity contribution in [1.29, 1.82) is 0 Å². The highest BCUT2D eigenvalue weighted by Crippen LogP contribution is 2.23. The topological polar surface area (TPSA) is 68.5 Å². The third-order valence-electron chi connectivity index (χ3n) is 5.20. The molecule has 150 valence electrons. The van der Waals surface area contributed by atoms with Crippen molar-refractivity contribution in [2.24, 2.45) is 0 Å². The third-order valence-corrected chi connectivity index (χ3v) is 5.20. The molecule has 0 spiro atoms. The average Bonchev–Trinajstić information content (AvgIpc) is 3.39. The van der Waals surface area contributed by atoms with Crippen molar-refractivity contribution in [3.63, 3.8) is 0 Å². The van der Waals surface area contributed by atoms with Crippen LogP contribution < -0.4 is 4.74 Å². The molecule has 0 N–H and O–H groups in total. The molecule has 1 aliphatic rings. The predicted molar refractivity (Wildman–Crippen MR) is 105 cm³/mol. The summed E-state index contributed by atoms with van der Waals surface area (Å²) in [6, 6.07) is 13.9. The van der Waals surface area contributed by atoms with E-state index in [1.165, 1.54) is 12.1 Å². The molecule has 1 aromatic heterocycles. The highest BCUT2D eigenvalue weighted by atomic mass is 19.1. The molecule has 1 amide bonds. The van der Waals surface area contributed by atoms with E-state index in [-0.39, 0.29) is 24.2 Å². The van der Waals surface area contributed by atoms with Gasteiger partial charge in [0.05, 0.1) is 7.11 Å². The highest BCUT2D eigenvalue weighted by molar-refractivity contribution is 5.78. The fourth-order valence-electron chi connectivity index (χ4n) is 3.68. The van der Waals surface area contributed by atoms with E-state index < -0.39 is 0 Å². The molecule has 4 rings (SSSR count). The first-order valence-electron chi connectivity index (χ1n) is 9.63. The molecule has 2 heterocycles. The van der Waals surface area contributed by atoms with Gasteiger partial charge in [-0.3, -0.25) is 4.79 Å². The number of benzene rings is 2. The smallest absolute Gasteiger partial charge is 0.236 e. The van der Waals surface area contributed by atoms with Crippen molar-refractivity contribution in [1.82, 2.24) is 15.0 Å². The molecule has 3 aromatic rings. The SMILES string of the molecule is COc1ccc(-c2noc(CC(=O)N3CCCC3Cc3ccc(F)cc3)n2)cc1. The van der Waals surface area contributed by atoms with E-state index in [2.05, 4.69) is 10.1 Å². The van der Waals surface area contributed by atoms with E-state index in [1.54, 1.807) is 19.2 Å². The molecule has 29 heavy (non-hydrogen) atoms. The van der Waals surface area contributed by atoms with Crippen LogP contribution in [0.2, 0.25) is 0 Å². The number of hydrogen-bond donors (Lipinski definition) is 0. The second-order valence-corrected chi connectivity index (χ2v) is 7.13. The van der Waals surface area contributed by atoms with Gasteiger partial charge in [-0.15, -0.1) is 0 Å². The monoisotopic (exact) mass is 395 g/mol. The van der Waals surface area contributed by atoms with Crippen molar-refractivity contribution in [2.45, 2.75) is 31.7 Å².